The molecule has 0 aromatic carbocycles. The predicted molar refractivity (Wildman–Crippen MR) is 38.1 cm³/mol. The van der Waals surface area contributed by atoms with E-state index in [1.54, 1.807) is 18.4 Å². The Kier molecular flexibility index (Phi) is 3.65. The van der Waals surface area contributed by atoms with Crippen LogP contribution in [0.1, 0.15) is 0 Å². The van der Waals surface area contributed by atoms with Gasteiger partial charge in [-0.1, -0.05) is 0 Å². The van der Waals surface area contributed by atoms with E-state index >= 15 is 0 Å². The van der Waals surface area contributed by atoms with Gasteiger partial charge in [0.05, 0.1) is 7.11 Å². The average molecular weight is 151 g/mol. The van der Waals surface area contributed by atoms with E-state index in [4.69, 9.17) is 4.74 Å². The zero-order chi connectivity index (χ0) is 5.11. The van der Waals surface area contributed by atoms with Crippen LogP contribution < -0.4 is 4.74 Å². The first-order valence-electron chi connectivity index (χ1n) is 2.01. The van der Waals surface area contributed by atoms with Crippen molar-refractivity contribution in [2.75, 3.05) is 7.11 Å². The summed E-state index contributed by atoms with van der Waals surface area (Å²) in [6.07, 6.45) is 0. The lowest BCUT2D eigenvalue weighted by Crippen LogP contribution is -1.72. The van der Waals surface area contributed by atoms with E-state index in [0.29, 0.717) is 0 Å². The molecule has 46 valence electrons. The summed E-state index contributed by atoms with van der Waals surface area (Å²) in [4.78, 5) is 0. The molecule has 0 amide bonds. The standard InChI is InChI=1S/C5H6OS.ClH/c1-6-5-3-2-4-7-5;/h2-4H,1H3;1H. The highest BCUT2D eigenvalue weighted by atomic mass is 35.5. The first-order chi connectivity index (χ1) is 3.43. The van der Waals surface area contributed by atoms with Gasteiger partial charge in [0.25, 0.3) is 0 Å². The van der Waals surface area contributed by atoms with E-state index in [9.17, 15) is 0 Å². The monoisotopic (exact) mass is 150 g/mol. The molecule has 0 aliphatic heterocycles. The van der Waals surface area contributed by atoms with Gasteiger partial charge in [-0.05, 0) is 17.5 Å². The normalized spacial score (nSPS) is 7.62. The second-order valence-corrected chi connectivity index (χ2v) is 2.05. The largest absolute Gasteiger partial charge is 0.487 e. The Labute approximate surface area is 58.7 Å². The fourth-order valence-electron chi connectivity index (χ4n) is 0.380. The molecule has 1 rings (SSSR count). The molecule has 0 fully saturated rings. The minimum absolute atomic E-state index is 0. The Hall–Kier alpha value is -0.210. The lowest BCUT2D eigenvalue weighted by Gasteiger charge is -1.86. The van der Waals surface area contributed by atoms with Crippen LogP contribution in [0.15, 0.2) is 17.5 Å². The molecule has 0 saturated carbocycles. The lowest BCUT2D eigenvalue weighted by atomic mass is 10.7. The molecule has 8 heavy (non-hydrogen) atoms. The van der Waals surface area contributed by atoms with Crippen LogP contribution in [0.4, 0.5) is 0 Å². The van der Waals surface area contributed by atoms with Crippen molar-refractivity contribution in [1.29, 1.82) is 0 Å². The van der Waals surface area contributed by atoms with Gasteiger partial charge < -0.3 is 4.74 Å². The van der Waals surface area contributed by atoms with Gasteiger partial charge in [-0.3, -0.25) is 0 Å². The third-order valence-electron chi connectivity index (χ3n) is 0.696. The topological polar surface area (TPSA) is 9.23 Å². The van der Waals surface area contributed by atoms with Gasteiger partial charge >= 0.3 is 0 Å². The van der Waals surface area contributed by atoms with Crippen molar-refractivity contribution >= 4 is 23.7 Å². The number of halogens is 1. The number of hydrogen-bond acceptors (Lipinski definition) is 2. The van der Waals surface area contributed by atoms with E-state index in [-0.39, 0.29) is 12.4 Å². The Morgan fingerprint density at radius 2 is 2.38 bits per heavy atom. The zero-order valence-electron chi connectivity index (χ0n) is 4.46. The number of thiophene rings is 1. The van der Waals surface area contributed by atoms with Crippen LogP contribution >= 0.6 is 23.7 Å². The summed E-state index contributed by atoms with van der Waals surface area (Å²) >= 11 is 1.60. The maximum absolute atomic E-state index is 4.87. The number of ether oxygens (including phenoxy) is 1. The van der Waals surface area contributed by atoms with Crippen LogP contribution in [0.3, 0.4) is 0 Å². The molecule has 1 aromatic heterocycles. The van der Waals surface area contributed by atoms with Crippen molar-refractivity contribution < 1.29 is 4.74 Å². The van der Waals surface area contributed by atoms with Crippen LogP contribution in [0.2, 0.25) is 0 Å². The third kappa shape index (κ3) is 1.72. The van der Waals surface area contributed by atoms with Gasteiger partial charge in [-0.25, -0.2) is 0 Å². The van der Waals surface area contributed by atoms with Crippen molar-refractivity contribution in [1.82, 2.24) is 0 Å². The predicted octanol–water partition coefficient (Wildman–Crippen LogP) is 2.18. The van der Waals surface area contributed by atoms with Gasteiger partial charge in [0, 0.05) is 0 Å². The van der Waals surface area contributed by atoms with Crippen molar-refractivity contribution in [2.24, 2.45) is 0 Å². The Morgan fingerprint density at radius 3 is 2.62 bits per heavy atom. The fraction of sp³-hybridized carbons (Fsp3) is 0.200. The number of methoxy groups -OCH3 is 1. The van der Waals surface area contributed by atoms with E-state index in [1.807, 2.05) is 17.5 Å². The molecular formula is C5H7ClOS. The van der Waals surface area contributed by atoms with E-state index in [2.05, 4.69) is 0 Å². The Bertz CT molecular complexity index is 127. The second kappa shape index (κ2) is 3.75. The Balaban J connectivity index is 0.000000490. The van der Waals surface area contributed by atoms with Gasteiger partial charge in [0.15, 0.2) is 5.06 Å². The van der Waals surface area contributed by atoms with Crippen molar-refractivity contribution in [3.8, 4) is 5.06 Å². The van der Waals surface area contributed by atoms with Crippen LogP contribution in [-0.4, -0.2) is 7.11 Å². The summed E-state index contributed by atoms with van der Waals surface area (Å²) in [5.41, 5.74) is 0. The van der Waals surface area contributed by atoms with E-state index in [0.717, 1.165) is 5.06 Å². The summed E-state index contributed by atoms with van der Waals surface area (Å²) < 4.78 is 4.87. The summed E-state index contributed by atoms with van der Waals surface area (Å²) in [5, 5.41) is 2.96. The van der Waals surface area contributed by atoms with Crippen LogP contribution in [-0.2, 0) is 0 Å². The van der Waals surface area contributed by atoms with Crippen molar-refractivity contribution in [2.45, 2.75) is 0 Å². The fourth-order valence-corrected chi connectivity index (χ4v) is 0.924. The summed E-state index contributed by atoms with van der Waals surface area (Å²) in [7, 11) is 1.67. The quantitative estimate of drug-likeness (QED) is 0.597. The van der Waals surface area contributed by atoms with Gasteiger partial charge in [0.2, 0.25) is 0 Å². The smallest absolute Gasteiger partial charge is 0.173 e. The second-order valence-electron chi connectivity index (χ2n) is 1.14. The average Bonchev–Trinajstić information content (AvgIpc) is 2.14. The highest BCUT2D eigenvalue weighted by molar-refractivity contribution is 7.11. The number of rotatable bonds is 1. The molecule has 1 heterocycles. The minimum Gasteiger partial charge on any atom is -0.487 e. The molecule has 3 heteroatoms. The first kappa shape index (κ1) is 7.79. The molecule has 0 aliphatic rings. The zero-order valence-corrected chi connectivity index (χ0v) is 6.09. The molecule has 0 saturated heterocycles. The third-order valence-corrected chi connectivity index (χ3v) is 1.52. The molecule has 0 radical (unpaired) electrons. The van der Waals surface area contributed by atoms with Crippen molar-refractivity contribution in [3.05, 3.63) is 17.5 Å². The van der Waals surface area contributed by atoms with E-state index < -0.39 is 0 Å². The summed E-state index contributed by atoms with van der Waals surface area (Å²) in [6, 6.07) is 3.90. The molecule has 0 aliphatic carbocycles. The Morgan fingerprint density at radius 1 is 1.62 bits per heavy atom. The van der Waals surface area contributed by atoms with Gasteiger partial charge in [0.1, 0.15) is 0 Å². The minimum atomic E-state index is 0. The van der Waals surface area contributed by atoms with E-state index in [1.165, 1.54) is 0 Å². The maximum Gasteiger partial charge on any atom is 0.173 e. The summed E-state index contributed by atoms with van der Waals surface area (Å²) in [6.45, 7) is 0. The lowest BCUT2D eigenvalue weighted by molar-refractivity contribution is 0.427. The molecule has 0 unspecified atom stereocenters. The highest BCUT2D eigenvalue weighted by Gasteiger charge is 1.83. The first-order valence-corrected chi connectivity index (χ1v) is 2.89. The molecule has 1 nitrogen and oxygen atoms in total. The SMILES string of the molecule is COc1cccs1.Cl. The summed E-state index contributed by atoms with van der Waals surface area (Å²) in [5.74, 6) is 0. The molecule has 0 bridgehead atoms. The molecule has 1 aromatic rings. The molecular weight excluding hydrogens is 144 g/mol. The molecule has 0 N–H and O–H groups in total. The van der Waals surface area contributed by atoms with Crippen molar-refractivity contribution in [3.63, 3.8) is 0 Å². The van der Waals surface area contributed by atoms with Gasteiger partial charge in [-0.2, -0.15) is 0 Å². The maximum atomic E-state index is 4.87. The number of hydrogen-bond donors (Lipinski definition) is 0. The van der Waals surface area contributed by atoms with Crippen LogP contribution in [0.25, 0.3) is 0 Å². The van der Waals surface area contributed by atoms with Crippen LogP contribution in [0.5, 0.6) is 5.06 Å². The highest BCUT2D eigenvalue weighted by Crippen LogP contribution is 2.16. The molecule has 0 spiro atoms. The van der Waals surface area contributed by atoms with Crippen LogP contribution in [0, 0.1) is 0 Å². The van der Waals surface area contributed by atoms with Gasteiger partial charge in [-0.15, -0.1) is 23.7 Å². The molecule has 0 atom stereocenters.